The highest BCUT2D eigenvalue weighted by Gasteiger charge is 2.16. The summed E-state index contributed by atoms with van der Waals surface area (Å²) in [6.07, 6.45) is 1.87. The number of hydrogen-bond acceptors (Lipinski definition) is 6. The molecule has 1 aromatic carbocycles. The fourth-order valence-corrected chi connectivity index (χ4v) is 2.16. The van der Waals surface area contributed by atoms with Crippen LogP contribution in [0.1, 0.15) is 5.76 Å². The molecule has 0 saturated carbocycles. The monoisotopic (exact) mass is 298 g/mol. The van der Waals surface area contributed by atoms with Gasteiger partial charge in [-0.3, -0.25) is 10.1 Å². The summed E-state index contributed by atoms with van der Waals surface area (Å²) in [4.78, 5) is 16.2. The summed E-state index contributed by atoms with van der Waals surface area (Å²) < 4.78 is 5.75. The molecule has 1 aromatic heterocycles. The van der Waals surface area contributed by atoms with E-state index in [1.165, 1.54) is 12.1 Å². The lowest BCUT2D eigenvalue weighted by Gasteiger charge is -2.11. The molecule has 1 aliphatic heterocycles. The Bertz CT molecular complexity index is 774. The van der Waals surface area contributed by atoms with Crippen LogP contribution in [-0.2, 0) is 0 Å². The summed E-state index contributed by atoms with van der Waals surface area (Å²) in [5, 5.41) is 10.7. The highest BCUT2D eigenvalue weighted by atomic mass is 16.6. The van der Waals surface area contributed by atoms with E-state index < -0.39 is 4.92 Å². The van der Waals surface area contributed by atoms with Crippen molar-refractivity contribution in [3.63, 3.8) is 0 Å². The van der Waals surface area contributed by atoms with Crippen LogP contribution in [0, 0.1) is 10.1 Å². The number of hydrogen-bond donors (Lipinski definition) is 1. The molecule has 0 saturated heterocycles. The van der Waals surface area contributed by atoms with Crippen molar-refractivity contribution in [1.29, 1.82) is 0 Å². The van der Waals surface area contributed by atoms with E-state index in [2.05, 4.69) is 4.99 Å². The van der Waals surface area contributed by atoms with Crippen LogP contribution >= 0.6 is 0 Å². The van der Waals surface area contributed by atoms with Gasteiger partial charge >= 0.3 is 0 Å². The van der Waals surface area contributed by atoms with Crippen molar-refractivity contribution >= 4 is 17.7 Å². The molecule has 0 fully saturated rings. The second-order valence-corrected chi connectivity index (χ2v) is 4.88. The second-order valence-electron chi connectivity index (χ2n) is 4.88. The zero-order chi connectivity index (χ0) is 15.7. The zero-order valence-electron chi connectivity index (χ0n) is 11.9. The van der Waals surface area contributed by atoms with Crippen LogP contribution in [0.3, 0.4) is 0 Å². The predicted octanol–water partition coefficient (Wildman–Crippen LogP) is 2.46. The number of rotatable bonds is 3. The molecule has 3 rings (SSSR count). The molecule has 0 amide bonds. The summed E-state index contributed by atoms with van der Waals surface area (Å²) in [5.74, 6) is 1.81. The maximum atomic E-state index is 10.7. The highest BCUT2D eigenvalue weighted by molar-refractivity contribution is 5.83. The third-order valence-corrected chi connectivity index (χ3v) is 3.48. The Hall–Kier alpha value is -3.09. The SMILES string of the molecule is CN1C(N)=NC/C1=C\c1ccc(-c2ccc([N+](=O)[O-])cc2)o1. The number of furan rings is 1. The molecule has 7 nitrogen and oxygen atoms in total. The molecule has 0 spiro atoms. The third kappa shape index (κ3) is 2.56. The number of nitrogens with two attached hydrogens (primary N) is 1. The van der Waals surface area contributed by atoms with Crippen LogP contribution in [0.15, 0.2) is 51.5 Å². The van der Waals surface area contributed by atoms with E-state index in [4.69, 9.17) is 10.2 Å². The van der Waals surface area contributed by atoms with Crippen LogP contribution in [0.5, 0.6) is 0 Å². The highest BCUT2D eigenvalue weighted by Crippen LogP contribution is 2.26. The van der Waals surface area contributed by atoms with E-state index in [9.17, 15) is 10.1 Å². The van der Waals surface area contributed by atoms with Gasteiger partial charge in [0.15, 0.2) is 5.96 Å². The van der Waals surface area contributed by atoms with Crippen molar-refractivity contribution < 1.29 is 9.34 Å². The number of non-ortho nitro benzene ring substituents is 1. The smallest absolute Gasteiger partial charge is 0.269 e. The number of nitro groups is 1. The van der Waals surface area contributed by atoms with Gasteiger partial charge in [0.1, 0.15) is 11.5 Å². The molecule has 1 aliphatic rings. The van der Waals surface area contributed by atoms with Crippen LogP contribution in [-0.4, -0.2) is 29.4 Å². The largest absolute Gasteiger partial charge is 0.457 e. The van der Waals surface area contributed by atoms with E-state index in [0.29, 0.717) is 24.0 Å². The number of benzene rings is 1. The lowest BCUT2D eigenvalue weighted by Crippen LogP contribution is -2.28. The molecule has 112 valence electrons. The van der Waals surface area contributed by atoms with Crippen LogP contribution < -0.4 is 5.73 Å². The first-order valence-corrected chi connectivity index (χ1v) is 6.63. The molecule has 0 radical (unpaired) electrons. The predicted molar refractivity (Wildman–Crippen MR) is 83.0 cm³/mol. The molecule has 22 heavy (non-hydrogen) atoms. The first kappa shape index (κ1) is 13.9. The number of nitrogens with zero attached hydrogens (tertiary/aromatic N) is 3. The Morgan fingerprint density at radius 3 is 2.64 bits per heavy atom. The molecular formula is C15H14N4O3. The molecule has 7 heteroatoms. The lowest BCUT2D eigenvalue weighted by molar-refractivity contribution is -0.384. The van der Waals surface area contributed by atoms with Crippen LogP contribution in [0.4, 0.5) is 5.69 Å². The van der Waals surface area contributed by atoms with Gasteiger partial charge in [0, 0.05) is 36.5 Å². The van der Waals surface area contributed by atoms with Crippen molar-refractivity contribution in [2.75, 3.05) is 13.6 Å². The van der Waals surface area contributed by atoms with Gasteiger partial charge in [-0.15, -0.1) is 0 Å². The average molecular weight is 298 g/mol. The Labute approximate surface area is 126 Å². The van der Waals surface area contributed by atoms with Gasteiger partial charge in [-0.1, -0.05) is 0 Å². The van der Waals surface area contributed by atoms with Gasteiger partial charge < -0.3 is 15.1 Å². The first-order chi connectivity index (χ1) is 10.5. The minimum atomic E-state index is -0.428. The number of likely N-dealkylation sites (N-methyl/N-ethyl adjacent to an activating group) is 1. The van der Waals surface area contributed by atoms with E-state index >= 15 is 0 Å². The number of aliphatic imine (C=N–C) groups is 1. The minimum absolute atomic E-state index is 0.0536. The summed E-state index contributed by atoms with van der Waals surface area (Å²) in [6.45, 7) is 0.524. The molecule has 0 aliphatic carbocycles. The van der Waals surface area contributed by atoms with E-state index in [-0.39, 0.29) is 5.69 Å². The van der Waals surface area contributed by atoms with Crippen molar-refractivity contribution in [1.82, 2.24) is 4.90 Å². The molecule has 0 atom stereocenters. The standard InChI is InChI=1S/C15H14N4O3/c1-18-12(9-17-15(18)16)8-13-6-7-14(22-13)10-2-4-11(5-3-10)19(20)21/h2-8H,9H2,1H3,(H2,16,17)/b12-8+. The lowest BCUT2D eigenvalue weighted by atomic mass is 10.1. The Morgan fingerprint density at radius 2 is 2.05 bits per heavy atom. The fourth-order valence-electron chi connectivity index (χ4n) is 2.16. The molecule has 0 unspecified atom stereocenters. The summed E-state index contributed by atoms with van der Waals surface area (Å²) >= 11 is 0. The Morgan fingerprint density at radius 1 is 1.32 bits per heavy atom. The minimum Gasteiger partial charge on any atom is -0.457 e. The van der Waals surface area contributed by atoms with Crippen molar-refractivity contribution in [3.05, 3.63) is 58.0 Å². The van der Waals surface area contributed by atoms with Crippen molar-refractivity contribution in [2.24, 2.45) is 10.7 Å². The summed E-state index contributed by atoms with van der Waals surface area (Å²) in [7, 11) is 1.85. The van der Waals surface area contributed by atoms with E-state index in [1.807, 2.05) is 25.3 Å². The van der Waals surface area contributed by atoms with Gasteiger partial charge in [-0.25, -0.2) is 4.99 Å². The zero-order valence-corrected chi connectivity index (χ0v) is 11.9. The normalized spacial score (nSPS) is 16.1. The molecular weight excluding hydrogens is 284 g/mol. The molecule has 2 N–H and O–H groups in total. The average Bonchev–Trinajstić information content (AvgIpc) is 3.10. The molecule has 0 bridgehead atoms. The quantitative estimate of drug-likeness (QED) is 0.693. The fraction of sp³-hybridized carbons (Fsp3) is 0.133. The number of guanidine groups is 1. The molecule has 2 heterocycles. The topological polar surface area (TPSA) is 97.9 Å². The maximum absolute atomic E-state index is 10.7. The second kappa shape index (κ2) is 5.36. The number of nitro benzene ring substituents is 1. The van der Waals surface area contributed by atoms with Crippen molar-refractivity contribution in [2.45, 2.75) is 0 Å². The maximum Gasteiger partial charge on any atom is 0.269 e. The first-order valence-electron chi connectivity index (χ1n) is 6.63. The summed E-state index contributed by atoms with van der Waals surface area (Å²) in [6, 6.07) is 9.90. The van der Waals surface area contributed by atoms with Crippen LogP contribution in [0.25, 0.3) is 17.4 Å². The molecule has 2 aromatic rings. The van der Waals surface area contributed by atoms with Gasteiger partial charge in [0.2, 0.25) is 0 Å². The van der Waals surface area contributed by atoms with Gasteiger partial charge in [0.05, 0.1) is 11.5 Å². The Kier molecular flexibility index (Phi) is 3.38. The third-order valence-electron chi connectivity index (χ3n) is 3.48. The Balaban J connectivity index is 1.82. The van der Waals surface area contributed by atoms with Crippen LogP contribution in [0.2, 0.25) is 0 Å². The summed E-state index contributed by atoms with van der Waals surface area (Å²) in [5.41, 5.74) is 7.49. The van der Waals surface area contributed by atoms with Crippen molar-refractivity contribution in [3.8, 4) is 11.3 Å². The van der Waals surface area contributed by atoms with Gasteiger partial charge in [-0.05, 0) is 24.3 Å². The van der Waals surface area contributed by atoms with E-state index in [0.717, 1.165) is 11.3 Å². The van der Waals surface area contributed by atoms with E-state index in [1.54, 1.807) is 17.0 Å². The van der Waals surface area contributed by atoms with Gasteiger partial charge in [-0.2, -0.15) is 0 Å². The van der Waals surface area contributed by atoms with Gasteiger partial charge in [0.25, 0.3) is 5.69 Å².